The lowest BCUT2D eigenvalue weighted by Crippen LogP contribution is -2.30. The molecule has 0 aliphatic heterocycles. The highest BCUT2D eigenvalue weighted by Crippen LogP contribution is 2.12. The second kappa shape index (κ2) is 6.74. The molecule has 4 nitrogen and oxygen atoms in total. The number of benzene rings is 2. The van der Waals surface area contributed by atoms with E-state index in [4.69, 9.17) is 10.5 Å². The standard InChI is InChI=1S/C16H17FN2O2/c1-19(16(20)12-5-7-14(18)8-6-12)9-10-21-15-4-2-3-13(17)11-15/h2-8,11H,9-10,18H2,1H3. The van der Waals surface area contributed by atoms with E-state index >= 15 is 0 Å². The molecule has 0 atom stereocenters. The molecule has 0 saturated heterocycles. The predicted octanol–water partition coefficient (Wildman–Crippen LogP) is 2.56. The van der Waals surface area contributed by atoms with E-state index in [1.54, 1.807) is 48.3 Å². The van der Waals surface area contributed by atoms with Crippen molar-refractivity contribution in [3.05, 3.63) is 59.9 Å². The molecular formula is C16H17FN2O2. The number of nitrogens with zero attached hydrogens (tertiary/aromatic N) is 1. The Balaban J connectivity index is 1.85. The van der Waals surface area contributed by atoms with Gasteiger partial charge in [0.15, 0.2) is 0 Å². The summed E-state index contributed by atoms with van der Waals surface area (Å²) in [5.74, 6) is -0.0139. The lowest BCUT2D eigenvalue weighted by atomic mass is 10.2. The average Bonchev–Trinajstić information content (AvgIpc) is 2.47. The first-order chi connectivity index (χ1) is 10.1. The van der Waals surface area contributed by atoms with E-state index in [1.165, 1.54) is 12.1 Å². The zero-order valence-corrected chi connectivity index (χ0v) is 11.8. The van der Waals surface area contributed by atoms with Gasteiger partial charge < -0.3 is 15.4 Å². The summed E-state index contributed by atoms with van der Waals surface area (Å²) < 4.78 is 18.4. The SMILES string of the molecule is CN(CCOc1cccc(F)c1)C(=O)c1ccc(N)cc1. The first-order valence-corrected chi connectivity index (χ1v) is 6.55. The van der Waals surface area contributed by atoms with E-state index in [2.05, 4.69) is 0 Å². The number of rotatable bonds is 5. The van der Waals surface area contributed by atoms with E-state index in [1.807, 2.05) is 0 Å². The highest BCUT2D eigenvalue weighted by molar-refractivity contribution is 5.94. The molecule has 21 heavy (non-hydrogen) atoms. The lowest BCUT2D eigenvalue weighted by molar-refractivity contribution is 0.0773. The number of hydrogen-bond acceptors (Lipinski definition) is 3. The summed E-state index contributed by atoms with van der Waals surface area (Å²) in [6.07, 6.45) is 0. The van der Waals surface area contributed by atoms with Crippen LogP contribution in [-0.4, -0.2) is 31.0 Å². The molecule has 0 aliphatic rings. The minimum Gasteiger partial charge on any atom is -0.492 e. The van der Waals surface area contributed by atoms with Crippen molar-refractivity contribution in [2.75, 3.05) is 25.9 Å². The molecule has 2 rings (SSSR count). The highest BCUT2D eigenvalue weighted by Gasteiger charge is 2.11. The Bertz CT molecular complexity index is 614. The van der Waals surface area contributed by atoms with E-state index < -0.39 is 0 Å². The van der Waals surface area contributed by atoms with Crippen LogP contribution in [0.25, 0.3) is 0 Å². The normalized spacial score (nSPS) is 10.2. The van der Waals surface area contributed by atoms with Crippen LogP contribution in [-0.2, 0) is 0 Å². The van der Waals surface area contributed by atoms with Crippen LogP contribution in [0, 0.1) is 5.82 Å². The summed E-state index contributed by atoms with van der Waals surface area (Å²) in [5, 5.41) is 0. The molecule has 1 amide bonds. The number of carbonyl (C=O) groups excluding carboxylic acids is 1. The van der Waals surface area contributed by atoms with Crippen LogP contribution >= 0.6 is 0 Å². The number of hydrogen-bond donors (Lipinski definition) is 1. The van der Waals surface area contributed by atoms with Crippen molar-refractivity contribution in [1.82, 2.24) is 4.90 Å². The van der Waals surface area contributed by atoms with Crippen molar-refractivity contribution in [3.63, 3.8) is 0 Å². The van der Waals surface area contributed by atoms with Gasteiger partial charge in [-0.1, -0.05) is 6.07 Å². The van der Waals surface area contributed by atoms with Crippen LogP contribution in [0.15, 0.2) is 48.5 Å². The van der Waals surface area contributed by atoms with Crippen molar-refractivity contribution in [1.29, 1.82) is 0 Å². The molecule has 2 aromatic rings. The maximum Gasteiger partial charge on any atom is 0.253 e. The summed E-state index contributed by atoms with van der Waals surface area (Å²) in [7, 11) is 1.69. The van der Waals surface area contributed by atoms with Gasteiger partial charge in [-0.3, -0.25) is 4.79 Å². The van der Waals surface area contributed by atoms with Crippen LogP contribution in [0.1, 0.15) is 10.4 Å². The summed E-state index contributed by atoms with van der Waals surface area (Å²) in [4.78, 5) is 13.7. The first-order valence-electron chi connectivity index (χ1n) is 6.55. The number of carbonyl (C=O) groups is 1. The largest absolute Gasteiger partial charge is 0.492 e. The van der Waals surface area contributed by atoms with Crippen LogP contribution in [0.3, 0.4) is 0 Å². The van der Waals surface area contributed by atoms with Crippen LogP contribution < -0.4 is 10.5 Å². The third-order valence-electron chi connectivity index (χ3n) is 3.00. The van der Waals surface area contributed by atoms with Gasteiger partial charge >= 0.3 is 0 Å². The Morgan fingerprint density at radius 2 is 1.95 bits per heavy atom. The smallest absolute Gasteiger partial charge is 0.253 e. The average molecular weight is 288 g/mol. The van der Waals surface area contributed by atoms with Gasteiger partial charge in [0.2, 0.25) is 0 Å². The molecular weight excluding hydrogens is 271 g/mol. The number of amides is 1. The maximum absolute atomic E-state index is 13.0. The number of nitrogens with two attached hydrogens (primary N) is 1. The quantitative estimate of drug-likeness (QED) is 0.860. The van der Waals surface area contributed by atoms with Gasteiger partial charge in [0.05, 0.1) is 6.54 Å². The molecule has 0 spiro atoms. The van der Waals surface area contributed by atoms with Gasteiger partial charge in [0.1, 0.15) is 18.2 Å². The summed E-state index contributed by atoms with van der Waals surface area (Å²) in [6.45, 7) is 0.695. The number of ether oxygens (including phenoxy) is 1. The van der Waals surface area contributed by atoms with E-state index in [9.17, 15) is 9.18 Å². The molecule has 0 fully saturated rings. The Kier molecular flexibility index (Phi) is 4.77. The third kappa shape index (κ3) is 4.21. The molecule has 110 valence electrons. The van der Waals surface area contributed by atoms with E-state index in [0.717, 1.165) is 0 Å². The Morgan fingerprint density at radius 3 is 2.62 bits per heavy atom. The van der Waals surface area contributed by atoms with Crippen molar-refractivity contribution < 1.29 is 13.9 Å². The fourth-order valence-corrected chi connectivity index (χ4v) is 1.80. The van der Waals surface area contributed by atoms with Gasteiger partial charge in [-0.2, -0.15) is 0 Å². The number of nitrogen functional groups attached to an aromatic ring is 1. The molecule has 0 radical (unpaired) electrons. The van der Waals surface area contributed by atoms with Crippen molar-refractivity contribution in [3.8, 4) is 5.75 Å². The fourth-order valence-electron chi connectivity index (χ4n) is 1.80. The molecule has 0 bridgehead atoms. The first kappa shape index (κ1) is 14.8. The second-order valence-corrected chi connectivity index (χ2v) is 4.65. The molecule has 0 unspecified atom stereocenters. The minimum absolute atomic E-state index is 0.113. The summed E-state index contributed by atoms with van der Waals surface area (Å²) in [6, 6.07) is 12.6. The summed E-state index contributed by atoms with van der Waals surface area (Å²) in [5.41, 5.74) is 6.77. The van der Waals surface area contributed by atoms with Crippen molar-refractivity contribution in [2.24, 2.45) is 0 Å². The van der Waals surface area contributed by atoms with E-state index in [-0.39, 0.29) is 11.7 Å². The number of likely N-dealkylation sites (N-methyl/N-ethyl adjacent to an activating group) is 1. The molecule has 0 saturated carbocycles. The second-order valence-electron chi connectivity index (χ2n) is 4.65. The van der Waals surface area contributed by atoms with Gasteiger partial charge in [0.25, 0.3) is 5.91 Å². The zero-order chi connectivity index (χ0) is 15.2. The van der Waals surface area contributed by atoms with Crippen LogP contribution in [0.5, 0.6) is 5.75 Å². The molecule has 2 N–H and O–H groups in total. The van der Waals surface area contributed by atoms with E-state index in [0.29, 0.717) is 30.2 Å². The molecule has 2 aromatic carbocycles. The maximum atomic E-state index is 13.0. The zero-order valence-electron chi connectivity index (χ0n) is 11.8. The molecule has 0 aromatic heterocycles. The number of halogens is 1. The monoisotopic (exact) mass is 288 g/mol. The highest BCUT2D eigenvalue weighted by atomic mass is 19.1. The van der Waals surface area contributed by atoms with Crippen LogP contribution in [0.2, 0.25) is 0 Å². The Hall–Kier alpha value is -2.56. The van der Waals surface area contributed by atoms with Gasteiger partial charge in [-0.15, -0.1) is 0 Å². The fraction of sp³-hybridized carbons (Fsp3) is 0.188. The van der Waals surface area contributed by atoms with Gasteiger partial charge in [-0.25, -0.2) is 4.39 Å². The Labute approximate surface area is 122 Å². The number of anilines is 1. The summed E-state index contributed by atoms with van der Waals surface area (Å²) >= 11 is 0. The Morgan fingerprint density at radius 1 is 1.24 bits per heavy atom. The lowest BCUT2D eigenvalue weighted by Gasteiger charge is -2.17. The van der Waals surface area contributed by atoms with Crippen LogP contribution in [0.4, 0.5) is 10.1 Å². The predicted molar refractivity (Wildman–Crippen MR) is 79.7 cm³/mol. The van der Waals surface area contributed by atoms with Gasteiger partial charge in [0, 0.05) is 24.4 Å². The molecule has 5 heteroatoms. The van der Waals surface area contributed by atoms with Crippen molar-refractivity contribution in [2.45, 2.75) is 0 Å². The van der Waals surface area contributed by atoms with Crippen molar-refractivity contribution >= 4 is 11.6 Å². The van der Waals surface area contributed by atoms with Gasteiger partial charge in [-0.05, 0) is 36.4 Å². The molecule has 0 aliphatic carbocycles. The molecule has 0 heterocycles. The minimum atomic E-state index is -0.348. The third-order valence-corrected chi connectivity index (χ3v) is 3.00. The topological polar surface area (TPSA) is 55.6 Å².